The van der Waals surface area contributed by atoms with E-state index in [1.54, 1.807) is 25.3 Å². The zero-order valence-electron chi connectivity index (χ0n) is 16.1. The first-order valence-electron chi connectivity index (χ1n) is 8.95. The van der Waals surface area contributed by atoms with Crippen molar-refractivity contribution in [2.45, 2.75) is 20.1 Å². The van der Waals surface area contributed by atoms with Gasteiger partial charge in [-0.15, -0.1) is 0 Å². The molecule has 0 unspecified atom stereocenters. The lowest BCUT2D eigenvalue weighted by atomic mass is 10.2. The number of aromatic nitrogens is 2. The van der Waals surface area contributed by atoms with Crippen LogP contribution in [0.25, 0.3) is 11.5 Å². The largest absolute Gasteiger partial charge is 0.486 e. The number of benzene rings is 1. The number of oxazole rings is 1. The van der Waals surface area contributed by atoms with Gasteiger partial charge in [-0.3, -0.25) is 9.78 Å². The van der Waals surface area contributed by atoms with Crippen molar-refractivity contribution in [2.75, 3.05) is 6.61 Å². The van der Waals surface area contributed by atoms with Crippen LogP contribution in [0.3, 0.4) is 0 Å². The van der Waals surface area contributed by atoms with Gasteiger partial charge >= 0.3 is 6.61 Å². The van der Waals surface area contributed by atoms with Crippen LogP contribution in [0.4, 0.5) is 8.78 Å². The van der Waals surface area contributed by atoms with Gasteiger partial charge < -0.3 is 19.2 Å². The van der Waals surface area contributed by atoms with Gasteiger partial charge in [0.25, 0.3) is 5.91 Å². The smallest absolute Gasteiger partial charge is 0.387 e. The Morgan fingerprint density at radius 2 is 2.17 bits per heavy atom. The average Bonchev–Trinajstić information content (AvgIpc) is 3.20. The van der Waals surface area contributed by atoms with Gasteiger partial charge in [-0.2, -0.15) is 8.78 Å². The third kappa shape index (κ3) is 5.19. The highest BCUT2D eigenvalue weighted by Gasteiger charge is 2.16. The molecular weight excluding hydrogens is 396 g/mol. The van der Waals surface area contributed by atoms with Crippen molar-refractivity contribution in [1.29, 1.82) is 0 Å². The van der Waals surface area contributed by atoms with Gasteiger partial charge in [0.15, 0.2) is 11.5 Å². The maximum absolute atomic E-state index is 12.6. The number of carbonyl (C=O) groups is 1. The Morgan fingerprint density at radius 3 is 2.90 bits per heavy atom. The summed E-state index contributed by atoms with van der Waals surface area (Å²) in [4.78, 5) is 20.6. The molecule has 156 valence electrons. The van der Waals surface area contributed by atoms with Crippen LogP contribution in [-0.4, -0.2) is 29.1 Å². The number of hydrogen-bond acceptors (Lipinski definition) is 6. The molecule has 0 saturated heterocycles. The van der Waals surface area contributed by atoms with Gasteiger partial charge in [-0.25, -0.2) is 4.98 Å². The van der Waals surface area contributed by atoms with Crippen molar-refractivity contribution >= 4 is 5.91 Å². The van der Waals surface area contributed by atoms with Crippen molar-refractivity contribution in [1.82, 2.24) is 15.3 Å². The zero-order chi connectivity index (χ0) is 21.5. The molecule has 3 rings (SSSR count). The molecule has 0 spiro atoms. The number of ether oxygens (including phenoxy) is 2. The topological polar surface area (TPSA) is 86.5 Å². The van der Waals surface area contributed by atoms with Gasteiger partial charge in [0, 0.05) is 11.8 Å². The summed E-state index contributed by atoms with van der Waals surface area (Å²) in [5.41, 5.74) is 2.07. The molecule has 0 aliphatic carbocycles. The van der Waals surface area contributed by atoms with Gasteiger partial charge in [0.1, 0.15) is 18.6 Å². The second-order valence-electron chi connectivity index (χ2n) is 6.14. The van der Waals surface area contributed by atoms with Crippen LogP contribution in [0.5, 0.6) is 11.5 Å². The van der Waals surface area contributed by atoms with Crippen LogP contribution in [-0.2, 0) is 6.54 Å². The van der Waals surface area contributed by atoms with Crippen molar-refractivity contribution in [3.8, 4) is 23.0 Å². The molecule has 1 amide bonds. The maximum Gasteiger partial charge on any atom is 0.387 e. The molecule has 0 fully saturated rings. The fraction of sp³-hybridized carbons (Fsp3) is 0.190. The first kappa shape index (κ1) is 21.0. The lowest BCUT2D eigenvalue weighted by molar-refractivity contribution is -0.0513. The molecule has 0 atom stereocenters. The quantitative estimate of drug-likeness (QED) is 0.529. The summed E-state index contributed by atoms with van der Waals surface area (Å²) >= 11 is 0. The van der Waals surface area contributed by atoms with E-state index in [1.165, 1.54) is 30.5 Å². The first-order valence-corrected chi connectivity index (χ1v) is 8.95. The van der Waals surface area contributed by atoms with Crippen LogP contribution in [0, 0.1) is 6.92 Å². The minimum absolute atomic E-state index is 0.103. The molecule has 0 aliphatic heterocycles. The number of aryl methyl sites for hydroxylation is 1. The predicted octanol–water partition coefficient (Wildman–Crippen LogP) is 4.14. The third-order valence-electron chi connectivity index (χ3n) is 3.97. The molecule has 1 N–H and O–H groups in total. The number of nitrogens with one attached hydrogen (secondary N) is 1. The summed E-state index contributed by atoms with van der Waals surface area (Å²) in [6, 6.07) is 7.89. The Balaban J connectivity index is 1.72. The summed E-state index contributed by atoms with van der Waals surface area (Å²) < 4.78 is 40.5. The molecule has 30 heavy (non-hydrogen) atoms. The van der Waals surface area contributed by atoms with E-state index in [0.29, 0.717) is 17.0 Å². The van der Waals surface area contributed by atoms with E-state index in [4.69, 9.17) is 9.15 Å². The Morgan fingerprint density at radius 1 is 1.33 bits per heavy atom. The first-order chi connectivity index (χ1) is 14.5. The molecule has 0 saturated carbocycles. The Kier molecular flexibility index (Phi) is 6.74. The van der Waals surface area contributed by atoms with Crippen LogP contribution >= 0.6 is 0 Å². The summed E-state index contributed by atoms with van der Waals surface area (Å²) in [7, 11) is 0. The van der Waals surface area contributed by atoms with Crippen LogP contribution in [0.1, 0.15) is 21.7 Å². The normalized spacial score (nSPS) is 10.7. The molecule has 0 bridgehead atoms. The van der Waals surface area contributed by atoms with Gasteiger partial charge in [0.2, 0.25) is 5.89 Å². The van der Waals surface area contributed by atoms with Crippen LogP contribution in [0.2, 0.25) is 0 Å². The Hall–Kier alpha value is -3.75. The van der Waals surface area contributed by atoms with Crippen LogP contribution < -0.4 is 14.8 Å². The fourth-order valence-corrected chi connectivity index (χ4v) is 2.59. The van der Waals surface area contributed by atoms with Gasteiger partial charge in [-0.05, 0) is 36.8 Å². The van der Waals surface area contributed by atoms with Crippen molar-refractivity contribution < 1.29 is 27.5 Å². The molecule has 2 heterocycles. The second kappa shape index (κ2) is 9.64. The number of hydrogen-bond donors (Lipinski definition) is 1. The highest BCUT2D eigenvalue weighted by molar-refractivity contribution is 5.93. The average molecular weight is 415 g/mol. The maximum atomic E-state index is 12.6. The monoisotopic (exact) mass is 415 g/mol. The van der Waals surface area contributed by atoms with E-state index < -0.39 is 6.61 Å². The van der Waals surface area contributed by atoms with E-state index in [-0.39, 0.29) is 36.4 Å². The van der Waals surface area contributed by atoms with Gasteiger partial charge in [0.05, 0.1) is 12.2 Å². The number of amides is 1. The standard InChI is InChI=1S/C21H19F2N3O4/c1-3-9-28-17-10-14(6-7-16(17)30-21(22)23)20-26-15(12-29-20)11-25-19(27)18-13(2)5-4-8-24-18/h3-8,10,12,21H,1,9,11H2,2H3,(H,25,27). The highest BCUT2D eigenvalue weighted by Crippen LogP contribution is 2.33. The fourth-order valence-electron chi connectivity index (χ4n) is 2.59. The van der Waals surface area contributed by atoms with E-state index in [2.05, 4.69) is 26.6 Å². The molecule has 7 nitrogen and oxygen atoms in total. The zero-order valence-corrected chi connectivity index (χ0v) is 16.1. The molecule has 9 heteroatoms. The van der Waals surface area contributed by atoms with Crippen molar-refractivity contribution in [2.24, 2.45) is 0 Å². The predicted molar refractivity (Wildman–Crippen MR) is 104 cm³/mol. The van der Waals surface area contributed by atoms with E-state index in [0.717, 1.165) is 5.56 Å². The van der Waals surface area contributed by atoms with E-state index in [1.807, 2.05) is 0 Å². The van der Waals surface area contributed by atoms with Crippen molar-refractivity contribution in [3.63, 3.8) is 0 Å². The molecule has 0 radical (unpaired) electrons. The van der Waals surface area contributed by atoms with E-state index in [9.17, 15) is 13.6 Å². The number of halogens is 2. The SMILES string of the molecule is C=CCOc1cc(-c2nc(CNC(=O)c3ncccc3C)co2)ccc1OC(F)F. The number of carbonyl (C=O) groups excluding carboxylic acids is 1. The minimum Gasteiger partial charge on any atom is -0.486 e. The highest BCUT2D eigenvalue weighted by atomic mass is 19.3. The summed E-state index contributed by atoms with van der Waals surface area (Å²) in [6.45, 7) is 2.58. The Labute approximate surface area is 171 Å². The third-order valence-corrected chi connectivity index (χ3v) is 3.97. The minimum atomic E-state index is -2.98. The van der Waals surface area contributed by atoms with E-state index >= 15 is 0 Å². The number of nitrogens with zero attached hydrogens (tertiary/aromatic N) is 2. The molecule has 0 aliphatic rings. The molecule has 2 aromatic heterocycles. The summed E-state index contributed by atoms with van der Waals surface area (Å²) in [6.07, 6.45) is 4.42. The lowest BCUT2D eigenvalue weighted by Crippen LogP contribution is -2.24. The molecular formula is C21H19F2N3O4. The lowest BCUT2D eigenvalue weighted by Gasteiger charge is -2.11. The molecule has 1 aromatic carbocycles. The number of rotatable bonds is 9. The summed E-state index contributed by atoms with van der Waals surface area (Å²) in [5, 5.41) is 2.73. The Bertz CT molecular complexity index is 1040. The van der Waals surface area contributed by atoms with Gasteiger partial charge in [-0.1, -0.05) is 18.7 Å². The molecule has 3 aromatic rings. The summed E-state index contributed by atoms with van der Waals surface area (Å²) in [5.74, 6) is -0.0988. The van der Waals surface area contributed by atoms with Crippen LogP contribution in [0.15, 0.2) is 59.9 Å². The second-order valence-corrected chi connectivity index (χ2v) is 6.14. The van der Waals surface area contributed by atoms with Crippen molar-refractivity contribution in [3.05, 3.63) is 72.4 Å². The number of alkyl halides is 2. The number of pyridine rings is 1.